The molecule has 1 aliphatic heterocycles. The van der Waals surface area contributed by atoms with Crippen molar-refractivity contribution in [2.45, 2.75) is 19.9 Å². The highest BCUT2D eigenvalue weighted by Crippen LogP contribution is 2.08. The van der Waals surface area contributed by atoms with Crippen LogP contribution in [0.25, 0.3) is 0 Å². The van der Waals surface area contributed by atoms with E-state index in [1.54, 1.807) is 0 Å². The molecule has 2 N–H and O–H groups in total. The Morgan fingerprint density at radius 3 is 2.89 bits per heavy atom. The fourth-order valence-corrected chi connectivity index (χ4v) is 0.662. The molecule has 1 rings (SSSR count). The molecule has 0 saturated heterocycles. The van der Waals surface area contributed by atoms with Gasteiger partial charge in [-0.25, -0.2) is 11.0 Å². The zero-order valence-corrected chi connectivity index (χ0v) is 5.57. The summed E-state index contributed by atoms with van der Waals surface area (Å²) < 4.78 is 0. The summed E-state index contributed by atoms with van der Waals surface area (Å²) in [6.45, 7) is 3.86. The average molecular weight is 126 g/mol. The summed E-state index contributed by atoms with van der Waals surface area (Å²) in [7, 11) is 0. The molecule has 0 spiro atoms. The number of allylic oxidation sites excluding steroid dienone is 1. The van der Waals surface area contributed by atoms with Crippen molar-refractivity contribution >= 4 is 0 Å². The Kier molecular flexibility index (Phi) is 1.48. The van der Waals surface area contributed by atoms with Gasteiger partial charge in [-0.05, 0) is 19.9 Å². The van der Waals surface area contributed by atoms with E-state index in [-0.39, 0.29) is 6.04 Å². The first-order valence-electron chi connectivity index (χ1n) is 2.84. The molecule has 0 aliphatic carbocycles. The molecule has 0 radical (unpaired) electrons. The fraction of sp³-hybridized carbons (Fsp3) is 0.600. The topological polar surface area (TPSA) is 54.0 Å². The van der Waals surface area contributed by atoms with Gasteiger partial charge in [0.2, 0.25) is 0 Å². The number of hydrogen-bond acceptors (Lipinski definition) is 4. The van der Waals surface area contributed by atoms with E-state index >= 15 is 0 Å². The Hall–Kier alpha value is -0.900. The van der Waals surface area contributed by atoms with Crippen LogP contribution in [0.15, 0.2) is 22.1 Å². The smallest absolute Gasteiger partial charge is 0.0830 e. The molecular weight excluding hydrogens is 116 g/mol. The fourth-order valence-electron chi connectivity index (χ4n) is 0.662. The first-order chi connectivity index (χ1) is 4.20. The molecule has 0 aromatic rings. The lowest BCUT2D eigenvalue weighted by Gasteiger charge is -2.19. The van der Waals surface area contributed by atoms with Crippen molar-refractivity contribution < 1.29 is 0 Å². The molecule has 4 nitrogen and oxygen atoms in total. The summed E-state index contributed by atoms with van der Waals surface area (Å²) in [6, 6.07) is 0.169. The van der Waals surface area contributed by atoms with E-state index in [9.17, 15) is 0 Å². The molecule has 1 heterocycles. The van der Waals surface area contributed by atoms with Gasteiger partial charge in [-0.1, -0.05) is 5.22 Å². The predicted octanol–water partition coefficient (Wildman–Crippen LogP) is 0.835. The van der Waals surface area contributed by atoms with Gasteiger partial charge in [-0.3, -0.25) is 0 Å². The van der Waals surface area contributed by atoms with Gasteiger partial charge < -0.3 is 0 Å². The summed E-state index contributed by atoms with van der Waals surface area (Å²) in [4.78, 5) is 0. The van der Waals surface area contributed by atoms with Gasteiger partial charge in [0, 0.05) is 0 Å². The van der Waals surface area contributed by atoms with Crippen molar-refractivity contribution in [3.63, 3.8) is 0 Å². The zero-order valence-electron chi connectivity index (χ0n) is 5.57. The molecule has 50 valence electrons. The van der Waals surface area contributed by atoms with Gasteiger partial charge >= 0.3 is 0 Å². The second-order valence-corrected chi connectivity index (χ2v) is 2.12. The Morgan fingerprint density at radius 2 is 2.44 bits per heavy atom. The lowest BCUT2D eigenvalue weighted by atomic mass is 10.3. The minimum atomic E-state index is 0.169. The van der Waals surface area contributed by atoms with Gasteiger partial charge in [-0.2, -0.15) is 0 Å². The molecule has 1 aliphatic rings. The van der Waals surface area contributed by atoms with Crippen LogP contribution in [0.2, 0.25) is 0 Å². The quantitative estimate of drug-likeness (QED) is 0.489. The number of nitrogens with zero attached hydrogens (tertiary/aromatic N) is 3. The lowest BCUT2D eigenvalue weighted by Crippen LogP contribution is -2.34. The third-order valence-electron chi connectivity index (χ3n) is 1.21. The van der Waals surface area contributed by atoms with E-state index in [0.29, 0.717) is 0 Å². The summed E-state index contributed by atoms with van der Waals surface area (Å²) >= 11 is 0. The van der Waals surface area contributed by atoms with Crippen LogP contribution in [0.5, 0.6) is 0 Å². The van der Waals surface area contributed by atoms with Crippen LogP contribution in [0, 0.1) is 0 Å². The Morgan fingerprint density at radius 1 is 1.78 bits per heavy atom. The van der Waals surface area contributed by atoms with Crippen molar-refractivity contribution in [2.24, 2.45) is 16.2 Å². The molecule has 0 aromatic heterocycles. The van der Waals surface area contributed by atoms with Crippen LogP contribution in [0.4, 0.5) is 0 Å². The highest BCUT2D eigenvalue weighted by molar-refractivity contribution is 5.01. The summed E-state index contributed by atoms with van der Waals surface area (Å²) in [6.07, 6.45) is 1.95. The van der Waals surface area contributed by atoms with Crippen molar-refractivity contribution in [1.29, 1.82) is 0 Å². The van der Waals surface area contributed by atoms with Crippen molar-refractivity contribution in [1.82, 2.24) is 5.12 Å². The third-order valence-corrected chi connectivity index (χ3v) is 1.21. The maximum atomic E-state index is 5.37. The van der Waals surface area contributed by atoms with Gasteiger partial charge in [-0.15, -0.1) is 5.11 Å². The van der Waals surface area contributed by atoms with Crippen molar-refractivity contribution in [3.05, 3.63) is 11.8 Å². The molecule has 1 unspecified atom stereocenters. The second-order valence-electron chi connectivity index (χ2n) is 2.12. The lowest BCUT2D eigenvalue weighted by molar-refractivity contribution is 0.232. The van der Waals surface area contributed by atoms with Crippen LogP contribution in [0.1, 0.15) is 13.8 Å². The molecular formula is C5H10N4. The maximum Gasteiger partial charge on any atom is 0.0830 e. The summed E-state index contributed by atoms with van der Waals surface area (Å²) in [5, 5.41) is 8.73. The summed E-state index contributed by atoms with van der Waals surface area (Å²) in [5.41, 5.74) is 0.921. The van der Waals surface area contributed by atoms with E-state index in [1.807, 2.05) is 19.9 Å². The van der Waals surface area contributed by atoms with Gasteiger partial charge in [0.15, 0.2) is 0 Å². The number of hydrogen-bond donors (Lipinski definition) is 1. The number of nitrogens with two attached hydrogens (primary N) is 1. The van der Waals surface area contributed by atoms with E-state index in [0.717, 1.165) is 5.70 Å². The molecule has 9 heavy (non-hydrogen) atoms. The van der Waals surface area contributed by atoms with Gasteiger partial charge in [0.1, 0.15) is 0 Å². The normalized spacial score (nSPS) is 26.3. The molecule has 0 bridgehead atoms. The maximum absolute atomic E-state index is 5.37. The van der Waals surface area contributed by atoms with Crippen molar-refractivity contribution in [3.8, 4) is 0 Å². The molecule has 4 heteroatoms. The van der Waals surface area contributed by atoms with Crippen LogP contribution in [0.3, 0.4) is 0 Å². The Balaban J connectivity index is 2.70. The largest absolute Gasteiger partial charge is 0.229 e. The molecule has 0 amide bonds. The molecule has 0 fully saturated rings. The third kappa shape index (κ3) is 1.26. The van der Waals surface area contributed by atoms with E-state index in [4.69, 9.17) is 5.84 Å². The summed E-state index contributed by atoms with van der Waals surface area (Å²) in [5.74, 6) is 5.37. The van der Waals surface area contributed by atoms with Crippen LogP contribution >= 0.6 is 0 Å². The zero-order chi connectivity index (χ0) is 6.85. The van der Waals surface area contributed by atoms with Gasteiger partial charge in [0.25, 0.3) is 0 Å². The Labute approximate surface area is 54.0 Å². The van der Waals surface area contributed by atoms with Crippen LogP contribution in [-0.2, 0) is 0 Å². The molecule has 0 saturated carbocycles. The predicted molar refractivity (Wildman–Crippen MR) is 34.1 cm³/mol. The first kappa shape index (κ1) is 6.22. The Bertz CT molecular complexity index is 160. The van der Waals surface area contributed by atoms with E-state index < -0.39 is 0 Å². The minimum Gasteiger partial charge on any atom is -0.229 e. The highest BCUT2D eigenvalue weighted by atomic mass is 15.7. The van der Waals surface area contributed by atoms with Gasteiger partial charge in [0.05, 0.1) is 11.7 Å². The standard InChI is InChI=1S/C5H10N4/c1-4-3-5(2)9(6)8-7-4/h3,5H,6H2,1-2H3. The van der Waals surface area contributed by atoms with Crippen LogP contribution in [-0.4, -0.2) is 11.2 Å². The second kappa shape index (κ2) is 2.14. The van der Waals surface area contributed by atoms with E-state index in [1.165, 1.54) is 5.12 Å². The average Bonchev–Trinajstić information content (AvgIpc) is 1.80. The van der Waals surface area contributed by atoms with Crippen molar-refractivity contribution in [2.75, 3.05) is 0 Å². The molecule has 0 aromatic carbocycles. The SMILES string of the molecule is CC1=CC(C)N(N)N=N1. The number of rotatable bonds is 0. The first-order valence-corrected chi connectivity index (χ1v) is 2.84. The van der Waals surface area contributed by atoms with Crippen LogP contribution < -0.4 is 5.84 Å². The van der Waals surface area contributed by atoms with E-state index in [2.05, 4.69) is 10.3 Å². The number of hydrazine groups is 1. The monoisotopic (exact) mass is 126 g/mol. The minimum absolute atomic E-state index is 0.169. The highest BCUT2D eigenvalue weighted by Gasteiger charge is 2.08. The molecule has 1 atom stereocenters.